The van der Waals surface area contributed by atoms with Gasteiger partial charge in [-0.15, -0.1) is 0 Å². The van der Waals surface area contributed by atoms with Crippen LogP contribution in [-0.2, 0) is 0 Å². The quantitative estimate of drug-likeness (QED) is 0.387. The van der Waals surface area contributed by atoms with Crippen LogP contribution in [0.4, 0.5) is 5.82 Å². The molecule has 0 fully saturated rings. The molecule has 0 radical (unpaired) electrons. The van der Waals surface area contributed by atoms with Gasteiger partial charge in [0.2, 0.25) is 0 Å². The van der Waals surface area contributed by atoms with Gasteiger partial charge in [0.1, 0.15) is 5.03 Å². The zero-order valence-corrected chi connectivity index (χ0v) is 9.01. The number of hydrogen-bond donors (Lipinski definition) is 3. The largest absolute Gasteiger partial charge is 0.395 e. The van der Waals surface area contributed by atoms with E-state index < -0.39 is 0 Å². The first-order valence-electron chi connectivity index (χ1n) is 4.16. The Labute approximate surface area is 87.1 Å². The lowest BCUT2D eigenvalue weighted by atomic mass is 10.2. The number of nitrogens with one attached hydrogen (secondary N) is 1. The standard InChI is InChI=1S/C8H14N4OS/c1-8(2,5-13)14-7-4-10-3-6(11-7)12-9/h3-4,13H,5,9H2,1-2H3,(H,11,12). The second-order valence-electron chi connectivity index (χ2n) is 3.41. The van der Waals surface area contributed by atoms with Gasteiger partial charge in [-0.3, -0.25) is 4.98 Å². The van der Waals surface area contributed by atoms with Gasteiger partial charge in [0.05, 0.1) is 19.0 Å². The van der Waals surface area contributed by atoms with E-state index in [1.54, 1.807) is 6.20 Å². The summed E-state index contributed by atoms with van der Waals surface area (Å²) in [6.45, 7) is 3.95. The second kappa shape index (κ2) is 4.59. The second-order valence-corrected chi connectivity index (χ2v) is 5.13. The number of nitrogens with zero attached hydrogens (tertiary/aromatic N) is 2. The summed E-state index contributed by atoms with van der Waals surface area (Å²) in [4.78, 5) is 8.14. The molecule has 0 aliphatic carbocycles. The van der Waals surface area contributed by atoms with Crippen LogP contribution in [0.1, 0.15) is 13.8 Å². The number of aliphatic hydroxyl groups is 1. The zero-order chi connectivity index (χ0) is 10.6. The number of aromatic nitrogens is 2. The number of nitrogens with two attached hydrogens (primary N) is 1. The maximum absolute atomic E-state index is 9.07. The van der Waals surface area contributed by atoms with Crippen LogP contribution < -0.4 is 11.3 Å². The van der Waals surface area contributed by atoms with Gasteiger partial charge in [0.15, 0.2) is 5.82 Å². The lowest BCUT2D eigenvalue weighted by Gasteiger charge is -2.19. The molecule has 0 amide bonds. The van der Waals surface area contributed by atoms with Crippen LogP contribution in [0.3, 0.4) is 0 Å². The Morgan fingerprint density at radius 3 is 2.86 bits per heavy atom. The van der Waals surface area contributed by atoms with Crippen LogP contribution in [0.25, 0.3) is 0 Å². The molecular formula is C8H14N4OS. The molecule has 1 aromatic heterocycles. The Bertz CT molecular complexity index is 305. The number of hydrazine groups is 1. The van der Waals surface area contributed by atoms with Crippen LogP contribution in [0.2, 0.25) is 0 Å². The first-order chi connectivity index (χ1) is 6.57. The van der Waals surface area contributed by atoms with E-state index >= 15 is 0 Å². The Hall–Kier alpha value is -0.850. The van der Waals surface area contributed by atoms with Crippen molar-refractivity contribution in [1.82, 2.24) is 9.97 Å². The molecule has 1 aromatic rings. The summed E-state index contributed by atoms with van der Waals surface area (Å²) in [5, 5.41) is 9.81. The van der Waals surface area contributed by atoms with E-state index in [4.69, 9.17) is 10.9 Å². The molecule has 0 unspecified atom stereocenters. The third-order valence-electron chi connectivity index (χ3n) is 1.52. The predicted molar refractivity (Wildman–Crippen MR) is 56.9 cm³/mol. The molecule has 0 saturated carbocycles. The van der Waals surface area contributed by atoms with Crippen LogP contribution in [0.15, 0.2) is 17.4 Å². The average Bonchev–Trinajstić information content (AvgIpc) is 2.17. The fourth-order valence-electron chi connectivity index (χ4n) is 0.782. The predicted octanol–water partition coefficient (Wildman–Crippen LogP) is 0.625. The highest BCUT2D eigenvalue weighted by Crippen LogP contribution is 2.30. The van der Waals surface area contributed by atoms with Gasteiger partial charge < -0.3 is 10.5 Å². The summed E-state index contributed by atoms with van der Waals surface area (Å²) >= 11 is 1.46. The third kappa shape index (κ3) is 3.13. The minimum atomic E-state index is -0.262. The van der Waals surface area contributed by atoms with Gasteiger partial charge in [0.25, 0.3) is 0 Å². The van der Waals surface area contributed by atoms with E-state index in [0.717, 1.165) is 5.03 Å². The summed E-state index contributed by atoms with van der Waals surface area (Å²) < 4.78 is -0.262. The highest BCUT2D eigenvalue weighted by Gasteiger charge is 2.19. The summed E-state index contributed by atoms with van der Waals surface area (Å²) in [5.74, 6) is 5.72. The van der Waals surface area contributed by atoms with E-state index in [2.05, 4.69) is 15.4 Å². The van der Waals surface area contributed by atoms with Crippen LogP contribution >= 0.6 is 11.8 Å². The van der Waals surface area contributed by atoms with E-state index in [1.165, 1.54) is 18.0 Å². The van der Waals surface area contributed by atoms with Crippen molar-refractivity contribution in [3.63, 3.8) is 0 Å². The molecule has 0 atom stereocenters. The molecule has 78 valence electrons. The number of nitrogen functional groups attached to an aromatic ring is 1. The molecule has 0 aliphatic rings. The van der Waals surface area contributed by atoms with Crippen molar-refractivity contribution in [2.75, 3.05) is 12.0 Å². The van der Waals surface area contributed by atoms with Crippen LogP contribution in [-0.4, -0.2) is 26.4 Å². The summed E-state index contributed by atoms with van der Waals surface area (Å²) in [6, 6.07) is 0. The molecule has 0 bridgehead atoms. The van der Waals surface area contributed by atoms with E-state index in [-0.39, 0.29) is 11.4 Å². The minimum Gasteiger partial charge on any atom is -0.395 e. The smallest absolute Gasteiger partial charge is 0.159 e. The Balaban J connectivity index is 2.76. The van der Waals surface area contributed by atoms with Crippen molar-refractivity contribution in [3.05, 3.63) is 12.4 Å². The van der Waals surface area contributed by atoms with Gasteiger partial charge in [-0.2, -0.15) is 0 Å². The Morgan fingerprint density at radius 1 is 1.57 bits per heavy atom. The molecule has 1 rings (SSSR count). The topological polar surface area (TPSA) is 84.1 Å². The lowest BCUT2D eigenvalue weighted by Crippen LogP contribution is -2.20. The molecule has 0 spiro atoms. The normalized spacial score (nSPS) is 11.4. The van der Waals surface area contributed by atoms with Gasteiger partial charge in [0, 0.05) is 4.75 Å². The van der Waals surface area contributed by atoms with Gasteiger partial charge in [-0.05, 0) is 13.8 Å². The average molecular weight is 214 g/mol. The number of rotatable bonds is 4. The fraction of sp³-hybridized carbons (Fsp3) is 0.500. The number of thioether (sulfide) groups is 1. The first-order valence-corrected chi connectivity index (χ1v) is 4.97. The third-order valence-corrected chi connectivity index (χ3v) is 2.61. The van der Waals surface area contributed by atoms with E-state index in [1.807, 2.05) is 13.8 Å². The number of hydrogen-bond acceptors (Lipinski definition) is 6. The lowest BCUT2D eigenvalue weighted by molar-refractivity contribution is 0.265. The van der Waals surface area contributed by atoms with Crippen LogP contribution in [0.5, 0.6) is 0 Å². The minimum absolute atomic E-state index is 0.0830. The highest BCUT2D eigenvalue weighted by molar-refractivity contribution is 8.00. The van der Waals surface area contributed by atoms with Crippen molar-refractivity contribution in [2.45, 2.75) is 23.6 Å². The summed E-state index contributed by atoms with van der Waals surface area (Å²) in [6.07, 6.45) is 3.18. The molecular weight excluding hydrogens is 200 g/mol. The van der Waals surface area contributed by atoms with Crippen molar-refractivity contribution < 1.29 is 5.11 Å². The van der Waals surface area contributed by atoms with E-state index in [0.29, 0.717) is 5.82 Å². The SMILES string of the molecule is CC(C)(CO)Sc1cncc(NN)n1. The van der Waals surface area contributed by atoms with Gasteiger partial charge >= 0.3 is 0 Å². The molecule has 4 N–H and O–H groups in total. The molecule has 0 aromatic carbocycles. The van der Waals surface area contributed by atoms with Crippen LogP contribution in [0, 0.1) is 0 Å². The number of anilines is 1. The molecule has 1 heterocycles. The van der Waals surface area contributed by atoms with Crippen molar-refractivity contribution in [2.24, 2.45) is 5.84 Å². The fourth-order valence-corrected chi connectivity index (χ4v) is 1.67. The summed E-state index contributed by atoms with van der Waals surface area (Å²) in [5.41, 5.74) is 2.42. The number of aliphatic hydroxyl groups excluding tert-OH is 1. The van der Waals surface area contributed by atoms with Gasteiger partial charge in [-0.1, -0.05) is 11.8 Å². The molecule has 0 aliphatic heterocycles. The van der Waals surface area contributed by atoms with Crippen molar-refractivity contribution in [3.8, 4) is 0 Å². The molecule has 14 heavy (non-hydrogen) atoms. The Kier molecular flexibility index (Phi) is 3.68. The molecule has 6 heteroatoms. The van der Waals surface area contributed by atoms with E-state index in [9.17, 15) is 0 Å². The first kappa shape index (κ1) is 11.2. The molecule has 5 nitrogen and oxygen atoms in total. The maximum atomic E-state index is 9.07. The summed E-state index contributed by atoms with van der Waals surface area (Å²) in [7, 11) is 0. The monoisotopic (exact) mass is 214 g/mol. The Morgan fingerprint density at radius 2 is 2.29 bits per heavy atom. The van der Waals surface area contributed by atoms with Gasteiger partial charge in [-0.25, -0.2) is 10.8 Å². The maximum Gasteiger partial charge on any atom is 0.159 e. The zero-order valence-electron chi connectivity index (χ0n) is 8.19. The highest BCUT2D eigenvalue weighted by atomic mass is 32.2. The van der Waals surface area contributed by atoms with Crippen molar-refractivity contribution in [1.29, 1.82) is 0 Å². The van der Waals surface area contributed by atoms with Crippen molar-refractivity contribution >= 4 is 17.6 Å². The molecule has 0 saturated heterocycles.